The van der Waals surface area contributed by atoms with Crippen molar-refractivity contribution in [2.45, 2.75) is 32.2 Å². The highest BCUT2D eigenvalue weighted by molar-refractivity contribution is 5.88. The van der Waals surface area contributed by atoms with Gasteiger partial charge >= 0.3 is 12.1 Å². The van der Waals surface area contributed by atoms with Gasteiger partial charge in [-0.05, 0) is 35.1 Å². The van der Waals surface area contributed by atoms with Crippen LogP contribution < -0.4 is 10.6 Å². The van der Waals surface area contributed by atoms with E-state index in [0.29, 0.717) is 0 Å². The van der Waals surface area contributed by atoms with Gasteiger partial charge in [0.25, 0.3) is 0 Å². The monoisotopic (exact) mass is 454 g/mol. The molecule has 2 unspecified atom stereocenters. The van der Waals surface area contributed by atoms with E-state index in [-0.39, 0.29) is 25.0 Å². The van der Waals surface area contributed by atoms with Gasteiger partial charge in [0.05, 0.1) is 12.5 Å². The van der Waals surface area contributed by atoms with Crippen molar-refractivity contribution < 1.29 is 29.3 Å². The molecule has 8 nitrogen and oxygen atoms in total. The van der Waals surface area contributed by atoms with Crippen molar-refractivity contribution in [3.05, 3.63) is 59.7 Å². The number of carbonyl (C=O) groups excluding carboxylic acids is 2. The van der Waals surface area contributed by atoms with Crippen LogP contribution >= 0.6 is 0 Å². The molecule has 1 aliphatic rings. The van der Waals surface area contributed by atoms with Crippen molar-refractivity contribution in [3.8, 4) is 11.1 Å². The second-order valence-corrected chi connectivity index (χ2v) is 8.84. The van der Waals surface area contributed by atoms with E-state index >= 15 is 0 Å². The fourth-order valence-corrected chi connectivity index (χ4v) is 4.00. The standard InChI is InChI=1S/C25H30N2O6/c1-15(2)20(22(29)27-25(3,14-28)23(30)31)12-26-24(32)33-13-21-18-10-6-4-8-16(18)17-9-5-7-11-19(17)21/h4-11,15,20-21,28H,12-14H2,1-3H3,(H,26,32)(H,27,29)(H,30,31). The summed E-state index contributed by atoms with van der Waals surface area (Å²) in [7, 11) is 0. The lowest BCUT2D eigenvalue weighted by atomic mass is 9.93. The Morgan fingerprint density at radius 3 is 2.06 bits per heavy atom. The van der Waals surface area contributed by atoms with Crippen LogP contribution in [0.2, 0.25) is 0 Å². The maximum absolute atomic E-state index is 12.6. The van der Waals surface area contributed by atoms with Crippen molar-refractivity contribution in [3.63, 3.8) is 0 Å². The Balaban J connectivity index is 1.60. The molecule has 0 fully saturated rings. The van der Waals surface area contributed by atoms with Gasteiger partial charge in [0.15, 0.2) is 5.54 Å². The van der Waals surface area contributed by atoms with Crippen LogP contribution in [0.1, 0.15) is 37.8 Å². The van der Waals surface area contributed by atoms with Gasteiger partial charge in [-0.2, -0.15) is 0 Å². The SMILES string of the molecule is CC(C)C(CNC(=O)OCC1c2ccccc2-c2ccccc21)C(=O)NC(C)(CO)C(=O)O. The summed E-state index contributed by atoms with van der Waals surface area (Å²) in [4.78, 5) is 36.4. The van der Waals surface area contributed by atoms with E-state index in [2.05, 4.69) is 22.8 Å². The van der Waals surface area contributed by atoms with E-state index in [1.54, 1.807) is 13.8 Å². The third kappa shape index (κ3) is 5.17. The number of carboxylic acid groups (broad SMARTS) is 1. The van der Waals surface area contributed by atoms with Crippen LogP contribution in [0.5, 0.6) is 0 Å². The van der Waals surface area contributed by atoms with Crippen molar-refractivity contribution in [2.24, 2.45) is 11.8 Å². The van der Waals surface area contributed by atoms with Gasteiger partial charge in [0.1, 0.15) is 6.61 Å². The Morgan fingerprint density at radius 2 is 1.58 bits per heavy atom. The molecule has 2 aromatic rings. The zero-order valence-electron chi connectivity index (χ0n) is 19.0. The van der Waals surface area contributed by atoms with Gasteiger partial charge < -0.3 is 25.6 Å². The zero-order valence-corrected chi connectivity index (χ0v) is 19.0. The van der Waals surface area contributed by atoms with Gasteiger partial charge in [0, 0.05) is 12.5 Å². The summed E-state index contributed by atoms with van der Waals surface area (Å²) in [6.45, 7) is 4.19. The molecular formula is C25H30N2O6. The maximum Gasteiger partial charge on any atom is 0.407 e. The number of fused-ring (bicyclic) bond motifs is 3. The second-order valence-electron chi connectivity index (χ2n) is 8.84. The predicted octanol–water partition coefficient (Wildman–Crippen LogP) is 2.75. The Morgan fingerprint density at radius 1 is 1.03 bits per heavy atom. The van der Waals surface area contributed by atoms with Crippen LogP contribution in [-0.2, 0) is 14.3 Å². The molecule has 2 atom stereocenters. The summed E-state index contributed by atoms with van der Waals surface area (Å²) in [5.41, 5.74) is 2.66. The number of nitrogens with one attached hydrogen (secondary N) is 2. The number of aliphatic hydroxyl groups is 1. The van der Waals surface area contributed by atoms with E-state index in [4.69, 9.17) is 4.74 Å². The molecule has 0 saturated heterocycles. The number of alkyl carbamates (subject to hydrolysis) is 1. The summed E-state index contributed by atoms with van der Waals surface area (Å²) in [5.74, 6) is -2.87. The molecule has 33 heavy (non-hydrogen) atoms. The van der Waals surface area contributed by atoms with Crippen molar-refractivity contribution in [1.82, 2.24) is 10.6 Å². The molecule has 8 heteroatoms. The quantitative estimate of drug-likeness (QED) is 0.462. The molecule has 0 saturated carbocycles. The van der Waals surface area contributed by atoms with Crippen molar-refractivity contribution in [2.75, 3.05) is 19.8 Å². The van der Waals surface area contributed by atoms with E-state index in [1.165, 1.54) is 6.92 Å². The number of ether oxygens (including phenoxy) is 1. The third-order valence-corrected chi connectivity index (χ3v) is 6.14. The highest BCUT2D eigenvalue weighted by Crippen LogP contribution is 2.44. The van der Waals surface area contributed by atoms with Crippen LogP contribution in [-0.4, -0.2) is 53.5 Å². The van der Waals surface area contributed by atoms with E-state index in [9.17, 15) is 24.6 Å². The van der Waals surface area contributed by atoms with Crippen LogP contribution in [0, 0.1) is 11.8 Å². The molecule has 0 bridgehead atoms. The number of hydrogen-bond acceptors (Lipinski definition) is 5. The zero-order chi connectivity index (χ0) is 24.2. The summed E-state index contributed by atoms with van der Waals surface area (Å²) in [6, 6.07) is 16.0. The predicted molar refractivity (Wildman–Crippen MR) is 123 cm³/mol. The smallest absolute Gasteiger partial charge is 0.407 e. The molecule has 1 aliphatic carbocycles. The first-order chi connectivity index (χ1) is 15.7. The van der Waals surface area contributed by atoms with E-state index in [0.717, 1.165) is 22.3 Å². The maximum atomic E-state index is 12.6. The van der Waals surface area contributed by atoms with Crippen LogP contribution in [0.4, 0.5) is 4.79 Å². The molecule has 2 aromatic carbocycles. The largest absolute Gasteiger partial charge is 0.479 e. The topological polar surface area (TPSA) is 125 Å². The Hall–Kier alpha value is -3.39. The van der Waals surface area contributed by atoms with Crippen LogP contribution in [0.25, 0.3) is 11.1 Å². The molecule has 2 amide bonds. The number of benzene rings is 2. The first-order valence-electron chi connectivity index (χ1n) is 10.9. The first kappa shape index (κ1) is 24.3. The number of carbonyl (C=O) groups is 3. The molecular weight excluding hydrogens is 424 g/mol. The van der Waals surface area contributed by atoms with Gasteiger partial charge in [-0.1, -0.05) is 62.4 Å². The molecule has 0 aliphatic heterocycles. The summed E-state index contributed by atoms with van der Waals surface area (Å²) in [5, 5.41) is 23.6. The number of hydrogen-bond donors (Lipinski definition) is 4. The normalized spacial score (nSPS) is 15.2. The van der Waals surface area contributed by atoms with Crippen molar-refractivity contribution in [1.29, 1.82) is 0 Å². The molecule has 4 N–H and O–H groups in total. The van der Waals surface area contributed by atoms with Gasteiger partial charge in [0.2, 0.25) is 5.91 Å². The molecule has 3 rings (SSSR count). The Kier molecular flexibility index (Phi) is 7.38. The lowest BCUT2D eigenvalue weighted by Gasteiger charge is -2.28. The lowest BCUT2D eigenvalue weighted by molar-refractivity contribution is -0.149. The minimum Gasteiger partial charge on any atom is -0.479 e. The number of carboxylic acids is 1. The van der Waals surface area contributed by atoms with E-state index < -0.39 is 36.0 Å². The minimum absolute atomic E-state index is 0.0265. The fourth-order valence-electron chi connectivity index (χ4n) is 4.00. The Bertz CT molecular complexity index is 992. The van der Waals surface area contributed by atoms with Crippen LogP contribution in [0.3, 0.4) is 0 Å². The van der Waals surface area contributed by atoms with Gasteiger partial charge in [-0.25, -0.2) is 9.59 Å². The summed E-state index contributed by atoms with van der Waals surface area (Å²) < 4.78 is 5.49. The molecule has 0 aromatic heterocycles. The third-order valence-electron chi connectivity index (χ3n) is 6.14. The van der Waals surface area contributed by atoms with E-state index in [1.807, 2.05) is 36.4 Å². The number of aliphatic hydroxyl groups excluding tert-OH is 1. The highest BCUT2D eigenvalue weighted by Gasteiger charge is 2.37. The minimum atomic E-state index is -1.80. The molecule has 176 valence electrons. The van der Waals surface area contributed by atoms with Crippen molar-refractivity contribution >= 4 is 18.0 Å². The summed E-state index contributed by atoms with van der Waals surface area (Å²) >= 11 is 0. The average Bonchev–Trinajstić information content (AvgIpc) is 3.11. The average molecular weight is 455 g/mol. The van der Waals surface area contributed by atoms with Crippen LogP contribution in [0.15, 0.2) is 48.5 Å². The first-order valence-corrected chi connectivity index (χ1v) is 10.9. The Labute approximate surface area is 193 Å². The lowest BCUT2D eigenvalue weighted by Crippen LogP contribution is -2.57. The molecule has 0 spiro atoms. The molecule has 0 radical (unpaired) electrons. The van der Waals surface area contributed by atoms with Gasteiger partial charge in [-0.15, -0.1) is 0 Å². The highest BCUT2D eigenvalue weighted by atomic mass is 16.5. The number of rotatable bonds is 9. The van der Waals surface area contributed by atoms with Gasteiger partial charge in [-0.3, -0.25) is 4.79 Å². The number of aliphatic carboxylic acids is 1. The molecule has 0 heterocycles. The summed E-state index contributed by atoms with van der Waals surface area (Å²) in [6.07, 6.45) is -0.654. The number of amides is 2. The fraction of sp³-hybridized carbons (Fsp3) is 0.400. The second kappa shape index (κ2) is 10.0.